The highest BCUT2D eigenvalue weighted by Crippen LogP contribution is 2.35. The molecule has 1 aromatic heterocycles. The average Bonchev–Trinajstić information content (AvgIpc) is 2.65. The van der Waals surface area contributed by atoms with E-state index in [2.05, 4.69) is 12.2 Å². The zero-order valence-electron chi connectivity index (χ0n) is 11.0. The van der Waals surface area contributed by atoms with E-state index in [4.69, 9.17) is 5.14 Å². The number of carbonyl (C=O) groups is 1. The summed E-state index contributed by atoms with van der Waals surface area (Å²) in [4.78, 5) is 13.2. The van der Waals surface area contributed by atoms with Gasteiger partial charge in [0.25, 0.3) is 5.91 Å². The minimum atomic E-state index is -3.76. The van der Waals surface area contributed by atoms with Crippen molar-refractivity contribution < 1.29 is 13.2 Å². The molecule has 0 unspecified atom stereocenters. The van der Waals surface area contributed by atoms with Gasteiger partial charge in [-0.3, -0.25) is 4.79 Å². The molecule has 1 saturated carbocycles. The summed E-state index contributed by atoms with van der Waals surface area (Å²) in [6, 6.07) is 1.37. The van der Waals surface area contributed by atoms with Crippen molar-refractivity contribution in [2.45, 2.75) is 50.0 Å². The number of carbonyl (C=O) groups excluding carboxylic acids is 1. The van der Waals surface area contributed by atoms with Crippen LogP contribution >= 0.6 is 11.3 Å². The van der Waals surface area contributed by atoms with Gasteiger partial charge in [-0.1, -0.05) is 6.92 Å². The second-order valence-corrected chi connectivity index (χ2v) is 7.80. The second kappa shape index (κ2) is 4.88. The van der Waals surface area contributed by atoms with E-state index in [1.54, 1.807) is 6.92 Å². The first-order valence-corrected chi connectivity index (χ1v) is 8.59. The Morgan fingerprint density at radius 3 is 2.53 bits per heavy atom. The van der Waals surface area contributed by atoms with E-state index in [0.717, 1.165) is 37.0 Å². The Morgan fingerprint density at radius 1 is 1.53 bits per heavy atom. The molecule has 0 bridgehead atoms. The van der Waals surface area contributed by atoms with Crippen LogP contribution in [0.4, 0.5) is 0 Å². The monoisotopic (exact) mass is 302 g/mol. The molecule has 19 heavy (non-hydrogen) atoms. The van der Waals surface area contributed by atoms with Gasteiger partial charge in [-0.25, -0.2) is 13.6 Å². The fraction of sp³-hybridized carbons (Fsp3) is 0.583. The lowest BCUT2D eigenvalue weighted by Gasteiger charge is -2.41. The number of rotatable bonds is 4. The largest absolute Gasteiger partial charge is 0.346 e. The highest BCUT2D eigenvalue weighted by Gasteiger charge is 2.37. The fourth-order valence-electron chi connectivity index (χ4n) is 2.33. The first-order chi connectivity index (χ1) is 8.77. The van der Waals surface area contributed by atoms with Crippen LogP contribution in [0, 0.1) is 6.92 Å². The van der Waals surface area contributed by atoms with Crippen molar-refractivity contribution in [3.05, 3.63) is 15.8 Å². The smallest absolute Gasteiger partial charge is 0.261 e. The molecule has 0 aromatic carbocycles. The van der Waals surface area contributed by atoms with Crippen LogP contribution in [0.5, 0.6) is 0 Å². The molecule has 1 amide bonds. The van der Waals surface area contributed by atoms with Gasteiger partial charge >= 0.3 is 0 Å². The van der Waals surface area contributed by atoms with E-state index in [-0.39, 0.29) is 16.3 Å². The number of primary sulfonamides is 1. The van der Waals surface area contributed by atoms with E-state index in [0.29, 0.717) is 9.75 Å². The first-order valence-electron chi connectivity index (χ1n) is 6.23. The zero-order chi connectivity index (χ0) is 14.3. The van der Waals surface area contributed by atoms with Crippen molar-refractivity contribution in [2.24, 2.45) is 5.14 Å². The van der Waals surface area contributed by atoms with E-state index in [9.17, 15) is 13.2 Å². The van der Waals surface area contributed by atoms with Gasteiger partial charge in [-0.2, -0.15) is 0 Å². The van der Waals surface area contributed by atoms with E-state index >= 15 is 0 Å². The molecule has 0 atom stereocenters. The summed E-state index contributed by atoms with van der Waals surface area (Å²) in [5, 5.41) is 8.13. The standard InChI is InChI=1S/C12H18N2O3S2/c1-3-12(5-4-6-12)14-11(15)9-7-10(8(2)18-9)19(13,16)17/h7H,3-6H2,1-2H3,(H,14,15)(H2,13,16,17). The summed E-state index contributed by atoms with van der Waals surface area (Å²) in [7, 11) is -3.76. The lowest BCUT2D eigenvalue weighted by molar-refractivity contribution is 0.0824. The van der Waals surface area contributed by atoms with Gasteiger partial charge in [0, 0.05) is 10.4 Å². The molecule has 106 valence electrons. The number of thiophene rings is 1. The summed E-state index contributed by atoms with van der Waals surface area (Å²) >= 11 is 1.16. The summed E-state index contributed by atoms with van der Waals surface area (Å²) in [5.74, 6) is -0.204. The van der Waals surface area contributed by atoms with Gasteiger partial charge in [0.15, 0.2) is 0 Å². The summed E-state index contributed by atoms with van der Waals surface area (Å²) < 4.78 is 22.7. The molecule has 0 spiro atoms. The van der Waals surface area contributed by atoms with Gasteiger partial charge in [0.1, 0.15) is 0 Å². The molecule has 1 aromatic rings. The highest BCUT2D eigenvalue weighted by molar-refractivity contribution is 7.89. The molecular formula is C12H18N2O3S2. The molecule has 1 aliphatic carbocycles. The van der Waals surface area contributed by atoms with Crippen molar-refractivity contribution in [1.82, 2.24) is 5.32 Å². The molecule has 0 saturated heterocycles. The lowest BCUT2D eigenvalue weighted by Crippen LogP contribution is -2.52. The lowest BCUT2D eigenvalue weighted by atomic mass is 9.75. The molecular weight excluding hydrogens is 284 g/mol. The minimum absolute atomic E-state index is 0.0433. The second-order valence-electron chi connectivity index (χ2n) is 5.02. The molecule has 1 heterocycles. The van der Waals surface area contributed by atoms with Crippen molar-refractivity contribution in [1.29, 1.82) is 0 Å². The van der Waals surface area contributed by atoms with Gasteiger partial charge in [-0.05, 0) is 38.7 Å². The number of amides is 1. The topological polar surface area (TPSA) is 89.3 Å². The maximum Gasteiger partial charge on any atom is 0.261 e. The van der Waals surface area contributed by atoms with Crippen LogP contribution in [-0.2, 0) is 10.0 Å². The number of aryl methyl sites for hydroxylation is 1. The van der Waals surface area contributed by atoms with Crippen LogP contribution in [0.2, 0.25) is 0 Å². The van der Waals surface area contributed by atoms with Gasteiger partial charge < -0.3 is 5.32 Å². The number of hydrogen-bond donors (Lipinski definition) is 2. The van der Waals surface area contributed by atoms with E-state index in [1.165, 1.54) is 6.07 Å². The molecule has 0 radical (unpaired) electrons. The Kier molecular flexibility index (Phi) is 3.72. The first kappa shape index (κ1) is 14.5. The number of hydrogen-bond acceptors (Lipinski definition) is 4. The molecule has 5 nitrogen and oxygen atoms in total. The predicted octanol–water partition coefficient (Wildman–Crippen LogP) is 1.77. The third-order valence-corrected chi connectivity index (χ3v) is 5.98. The average molecular weight is 302 g/mol. The number of sulfonamides is 1. The number of nitrogens with two attached hydrogens (primary N) is 1. The molecule has 2 rings (SSSR count). The highest BCUT2D eigenvalue weighted by atomic mass is 32.2. The van der Waals surface area contributed by atoms with Gasteiger partial charge in [-0.15, -0.1) is 11.3 Å². The maximum atomic E-state index is 12.2. The minimum Gasteiger partial charge on any atom is -0.346 e. The van der Waals surface area contributed by atoms with Crippen molar-refractivity contribution in [3.63, 3.8) is 0 Å². The van der Waals surface area contributed by atoms with E-state index < -0.39 is 10.0 Å². The van der Waals surface area contributed by atoms with Gasteiger partial charge in [0.05, 0.1) is 9.77 Å². The SMILES string of the molecule is CCC1(NC(=O)c2cc(S(N)(=O)=O)c(C)s2)CCC1. The third-order valence-electron chi connectivity index (χ3n) is 3.77. The molecule has 1 aliphatic rings. The van der Waals surface area contributed by atoms with Crippen LogP contribution in [0.25, 0.3) is 0 Å². The number of nitrogens with one attached hydrogen (secondary N) is 1. The zero-order valence-corrected chi connectivity index (χ0v) is 12.7. The van der Waals surface area contributed by atoms with Gasteiger partial charge in [0.2, 0.25) is 10.0 Å². The Bertz CT molecular complexity index is 595. The Hall–Kier alpha value is -0.920. The van der Waals surface area contributed by atoms with Crippen LogP contribution in [0.15, 0.2) is 11.0 Å². The normalized spacial score (nSPS) is 17.8. The summed E-state index contributed by atoms with van der Waals surface area (Å²) in [5.41, 5.74) is -0.100. The maximum absolute atomic E-state index is 12.2. The van der Waals surface area contributed by atoms with Crippen molar-refractivity contribution in [3.8, 4) is 0 Å². The van der Waals surface area contributed by atoms with Crippen LogP contribution in [0.1, 0.15) is 47.2 Å². The third kappa shape index (κ3) is 2.82. The Labute approximate surface area is 117 Å². The Balaban J connectivity index is 2.21. The molecule has 3 N–H and O–H groups in total. The molecule has 1 fully saturated rings. The summed E-state index contributed by atoms with van der Waals surface area (Å²) in [6.07, 6.45) is 3.99. The Morgan fingerprint density at radius 2 is 2.16 bits per heavy atom. The predicted molar refractivity (Wildman–Crippen MR) is 74.8 cm³/mol. The van der Waals surface area contributed by atoms with Crippen molar-refractivity contribution >= 4 is 27.3 Å². The quantitative estimate of drug-likeness (QED) is 0.888. The summed E-state index contributed by atoms with van der Waals surface area (Å²) in [6.45, 7) is 3.70. The van der Waals surface area contributed by atoms with Crippen molar-refractivity contribution in [2.75, 3.05) is 0 Å². The fourth-order valence-corrected chi connectivity index (χ4v) is 4.37. The molecule has 7 heteroatoms. The van der Waals surface area contributed by atoms with Crippen LogP contribution in [0.3, 0.4) is 0 Å². The molecule has 0 aliphatic heterocycles. The van der Waals surface area contributed by atoms with Crippen LogP contribution < -0.4 is 10.5 Å². The van der Waals surface area contributed by atoms with E-state index in [1.807, 2.05) is 0 Å². The van der Waals surface area contributed by atoms with Crippen LogP contribution in [-0.4, -0.2) is 19.9 Å².